The Kier molecular flexibility index (Phi) is 24.7. The van der Waals surface area contributed by atoms with Gasteiger partial charge in [-0.1, -0.05) is 136 Å². The molecule has 0 aliphatic heterocycles. The minimum absolute atomic E-state index is 0.442. The third-order valence-electron chi connectivity index (χ3n) is 6.44. The molecule has 0 rings (SSSR count). The highest BCUT2D eigenvalue weighted by Crippen LogP contribution is 2.14. The Bertz CT molecular complexity index is 333. The minimum atomic E-state index is 0.442. The van der Waals surface area contributed by atoms with Crippen LogP contribution < -0.4 is 5.73 Å². The van der Waals surface area contributed by atoms with Crippen LogP contribution in [0.3, 0.4) is 0 Å². The number of rotatable bonds is 24. The van der Waals surface area contributed by atoms with Gasteiger partial charge in [0.05, 0.1) is 0 Å². The summed E-state index contributed by atoms with van der Waals surface area (Å²) in [5.41, 5.74) is 6.31. The van der Waals surface area contributed by atoms with Gasteiger partial charge in [-0.3, -0.25) is 0 Å². The molecule has 0 saturated carbocycles. The summed E-state index contributed by atoms with van der Waals surface area (Å²) in [7, 11) is 0. The second-order valence-electron chi connectivity index (χ2n) is 10.2. The SMILES string of the molecule is CCCCCCCCCCCC=CCCCCC(N)CCCCCCCCC(C)C. The van der Waals surface area contributed by atoms with Crippen molar-refractivity contribution in [1.29, 1.82) is 0 Å². The highest BCUT2D eigenvalue weighted by molar-refractivity contribution is 4.81. The number of unbranched alkanes of at least 4 members (excludes halogenated alkanes) is 16. The van der Waals surface area contributed by atoms with E-state index < -0.39 is 0 Å². The Morgan fingerprint density at radius 1 is 0.500 bits per heavy atom. The van der Waals surface area contributed by atoms with Crippen molar-refractivity contribution < 1.29 is 0 Å². The Labute approximate surface area is 192 Å². The largest absolute Gasteiger partial charge is 0.328 e. The van der Waals surface area contributed by atoms with E-state index in [9.17, 15) is 0 Å². The fourth-order valence-corrected chi connectivity index (χ4v) is 4.29. The maximum Gasteiger partial charge on any atom is 0.00388 e. The molecular formula is C29H59N. The van der Waals surface area contributed by atoms with Crippen LogP contribution in [0.2, 0.25) is 0 Å². The molecule has 180 valence electrons. The lowest BCUT2D eigenvalue weighted by molar-refractivity contribution is 0.482. The Hall–Kier alpha value is -0.300. The summed E-state index contributed by atoms with van der Waals surface area (Å²) in [5, 5.41) is 0. The van der Waals surface area contributed by atoms with Gasteiger partial charge in [0.25, 0.3) is 0 Å². The molecule has 0 aliphatic rings. The molecule has 1 atom stereocenters. The van der Waals surface area contributed by atoms with E-state index in [-0.39, 0.29) is 0 Å². The van der Waals surface area contributed by atoms with Crippen LogP contribution in [0.5, 0.6) is 0 Å². The van der Waals surface area contributed by atoms with Crippen LogP contribution in [0.25, 0.3) is 0 Å². The first-order valence-electron chi connectivity index (χ1n) is 14.1. The average Bonchev–Trinajstić information content (AvgIpc) is 2.72. The average molecular weight is 422 g/mol. The zero-order chi connectivity index (χ0) is 22.1. The Morgan fingerprint density at radius 3 is 1.37 bits per heavy atom. The van der Waals surface area contributed by atoms with Crippen LogP contribution in [0.1, 0.15) is 162 Å². The van der Waals surface area contributed by atoms with Crippen molar-refractivity contribution >= 4 is 0 Å². The maximum atomic E-state index is 6.31. The van der Waals surface area contributed by atoms with Crippen molar-refractivity contribution in [3.05, 3.63) is 12.2 Å². The van der Waals surface area contributed by atoms with Gasteiger partial charge < -0.3 is 5.73 Å². The van der Waals surface area contributed by atoms with Gasteiger partial charge in [0.2, 0.25) is 0 Å². The molecule has 0 heterocycles. The molecule has 1 nitrogen and oxygen atoms in total. The predicted octanol–water partition coefficient (Wildman–Crippen LogP) is 10.1. The van der Waals surface area contributed by atoms with E-state index >= 15 is 0 Å². The second kappa shape index (κ2) is 25.0. The number of allylic oxidation sites excluding steroid dienone is 2. The molecule has 0 bridgehead atoms. The van der Waals surface area contributed by atoms with Gasteiger partial charge in [-0.05, 0) is 44.4 Å². The van der Waals surface area contributed by atoms with Crippen LogP contribution in [0, 0.1) is 5.92 Å². The van der Waals surface area contributed by atoms with E-state index in [1.54, 1.807) is 0 Å². The normalized spacial score (nSPS) is 13.0. The monoisotopic (exact) mass is 421 g/mol. The molecule has 2 N–H and O–H groups in total. The summed E-state index contributed by atoms with van der Waals surface area (Å²) in [6, 6.07) is 0.442. The molecule has 0 aromatic heterocycles. The number of nitrogens with two attached hydrogens (primary N) is 1. The summed E-state index contributed by atoms with van der Waals surface area (Å²) in [6.45, 7) is 6.95. The van der Waals surface area contributed by atoms with Crippen molar-refractivity contribution in [3.8, 4) is 0 Å². The van der Waals surface area contributed by atoms with Gasteiger partial charge in [-0.15, -0.1) is 0 Å². The summed E-state index contributed by atoms with van der Waals surface area (Å²) < 4.78 is 0. The maximum absolute atomic E-state index is 6.31. The fraction of sp³-hybridized carbons (Fsp3) is 0.931. The van der Waals surface area contributed by atoms with Crippen LogP contribution in [0.4, 0.5) is 0 Å². The van der Waals surface area contributed by atoms with E-state index in [1.165, 1.54) is 141 Å². The minimum Gasteiger partial charge on any atom is -0.328 e. The van der Waals surface area contributed by atoms with Crippen molar-refractivity contribution in [2.24, 2.45) is 11.7 Å². The van der Waals surface area contributed by atoms with Crippen LogP contribution >= 0.6 is 0 Å². The third kappa shape index (κ3) is 25.7. The summed E-state index contributed by atoms with van der Waals surface area (Å²) in [5.74, 6) is 0.873. The molecule has 1 heteroatoms. The number of hydrogen-bond acceptors (Lipinski definition) is 1. The van der Waals surface area contributed by atoms with E-state index in [0.29, 0.717) is 6.04 Å². The van der Waals surface area contributed by atoms with Crippen LogP contribution in [-0.4, -0.2) is 6.04 Å². The van der Waals surface area contributed by atoms with Crippen molar-refractivity contribution in [2.75, 3.05) is 0 Å². The molecule has 0 amide bonds. The first kappa shape index (κ1) is 29.7. The zero-order valence-corrected chi connectivity index (χ0v) is 21.4. The van der Waals surface area contributed by atoms with Crippen molar-refractivity contribution in [3.63, 3.8) is 0 Å². The lowest BCUT2D eigenvalue weighted by Crippen LogP contribution is -2.19. The van der Waals surface area contributed by atoms with Gasteiger partial charge in [-0.2, -0.15) is 0 Å². The predicted molar refractivity (Wildman–Crippen MR) is 139 cm³/mol. The van der Waals surface area contributed by atoms with Gasteiger partial charge in [0.1, 0.15) is 0 Å². The molecule has 0 spiro atoms. The summed E-state index contributed by atoms with van der Waals surface area (Å²) in [6.07, 6.45) is 35.1. The molecular weight excluding hydrogens is 362 g/mol. The summed E-state index contributed by atoms with van der Waals surface area (Å²) >= 11 is 0. The van der Waals surface area contributed by atoms with E-state index in [2.05, 4.69) is 32.9 Å². The first-order valence-corrected chi connectivity index (χ1v) is 14.1. The lowest BCUT2D eigenvalue weighted by atomic mass is 10.0. The van der Waals surface area contributed by atoms with Gasteiger partial charge in [0.15, 0.2) is 0 Å². The standard InChI is InChI=1S/C29H59N/c1-4-5-6-7-8-9-10-11-12-13-14-15-16-20-23-26-29(30)27-24-21-18-17-19-22-25-28(2)3/h14-15,28-29H,4-13,16-27,30H2,1-3H3. The highest BCUT2D eigenvalue weighted by Gasteiger charge is 2.02. The van der Waals surface area contributed by atoms with E-state index in [1.807, 2.05) is 0 Å². The molecule has 0 aromatic rings. The number of hydrogen-bond donors (Lipinski definition) is 1. The van der Waals surface area contributed by atoms with Crippen molar-refractivity contribution in [2.45, 2.75) is 168 Å². The Balaban J connectivity index is 3.22. The first-order chi connectivity index (χ1) is 14.7. The van der Waals surface area contributed by atoms with Crippen LogP contribution in [-0.2, 0) is 0 Å². The quantitative estimate of drug-likeness (QED) is 0.122. The topological polar surface area (TPSA) is 26.0 Å². The molecule has 0 aliphatic carbocycles. The zero-order valence-electron chi connectivity index (χ0n) is 21.4. The van der Waals surface area contributed by atoms with Crippen molar-refractivity contribution in [1.82, 2.24) is 0 Å². The van der Waals surface area contributed by atoms with E-state index in [0.717, 1.165) is 5.92 Å². The molecule has 0 saturated heterocycles. The fourth-order valence-electron chi connectivity index (χ4n) is 4.29. The second-order valence-corrected chi connectivity index (χ2v) is 10.2. The molecule has 0 radical (unpaired) electrons. The smallest absolute Gasteiger partial charge is 0.00388 e. The summed E-state index contributed by atoms with van der Waals surface area (Å²) in [4.78, 5) is 0. The lowest BCUT2D eigenvalue weighted by Gasteiger charge is -2.11. The van der Waals surface area contributed by atoms with E-state index in [4.69, 9.17) is 5.73 Å². The Morgan fingerprint density at radius 2 is 0.867 bits per heavy atom. The molecule has 1 unspecified atom stereocenters. The third-order valence-corrected chi connectivity index (χ3v) is 6.44. The molecule has 30 heavy (non-hydrogen) atoms. The van der Waals surface area contributed by atoms with Gasteiger partial charge >= 0.3 is 0 Å². The van der Waals surface area contributed by atoms with Gasteiger partial charge in [-0.25, -0.2) is 0 Å². The molecule has 0 fully saturated rings. The highest BCUT2D eigenvalue weighted by atomic mass is 14.6. The van der Waals surface area contributed by atoms with Crippen LogP contribution in [0.15, 0.2) is 12.2 Å². The molecule has 0 aromatic carbocycles. The van der Waals surface area contributed by atoms with Gasteiger partial charge in [0, 0.05) is 6.04 Å².